The molecule has 1 heterocycles. The van der Waals surface area contributed by atoms with E-state index in [0.717, 1.165) is 15.6 Å². The summed E-state index contributed by atoms with van der Waals surface area (Å²) in [5.74, 6) is -0.482. The third kappa shape index (κ3) is 5.91. The number of methoxy groups -OCH3 is 2. The topological polar surface area (TPSA) is 86.6 Å². The number of nitrogens with zero attached hydrogens (tertiary/aromatic N) is 1. The van der Waals surface area contributed by atoms with Gasteiger partial charge in [-0.1, -0.05) is 24.3 Å². The molecule has 0 saturated carbocycles. The van der Waals surface area contributed by atoms with Crippen LogP contribution in [-0.4, -0.2) is 36.7 Å². The fraction of sp³-hybridized carbons (Fsp3) is 0.208. The number of amides is 1. The molecule has 0 fully saturated rings. The lowest BCUT2D eigenvalue weighted by molar-refractivity contribution is -0.142. The van der Waals surface area contributed by atoms with Crippen LogP contribution < -0.4 is 15.6 Å². The highest BCUT2D eigenvalue weighted by atomic mass is 79.9. The fourth-order valence-electron chi connectivity index (χ4n) is 3.31. The Hall–Kier alpha value is -2.91. The third-order valence-corrected chi connectivity index (χ3v) is 6.19. The van der Waals surface area contributed by atoms with Crippen molar-refractivity contribution < 1.29 is 19.1 Å². The zero-order valence-corrected chi connectivity index (χ0v) is 21.4. The molecule has 9 heteroatoms. The lowest BCUT2D eigenvalue weighted by Gasteiger charge is -2.18. The number of carbonyl (C=O) groups is 2. The first-order valence-electron chi connectivity index (χ1n) is 9.91. The predicted molar refractivity (Wildman–Crippen MR) is 132 cm³/mol. The number of rotatable bonds is 7. The smallest absolute Gasteiger partial charge is 0.328 e. The first-order valence-corrected chi connectivity index (χ1v) is 11.5. The first-order chi connectivity index (χ1) is 15.7. The minimum atomic E-state index is -0.898. The van der Waals surface area contributed by atoms with E-state index in [4.69, 9.17) is 9.47 Å². The Labute approximate surface area is 208 Å². The SMILES string of the molecule is COC(=O)[C@H](Cc1ccc(-c2cc(Br)cn(C)c2=O)cc1)NC(=O)c1cc(OC)ccc1Br. The standard InChI is InChI=1S/C24H22Br2N2O5/c1-28-13-16(25)11-18(23(28)30)15-6-4-14(5-7-15)10-21(24(31)33-3)27-22(29)19-12-17(32-2)8-9-20(19)26/h4-9,11-13,21H,10H2,1-3H3,(H,27,29)/t21-/m0/s1. The number of carbonyl (C=O) groups excluding carboxylic acids is 2. The van der Waals surface area contributed by atoms with Gasteiger partial charge in [0, 0.05) is 34.2 Å². The number of benzene rings is 2. The van der Waals surface area contributed by atoms with E-state index in [0.29, 0.717) is 21.3 Å². The van der Waals surface area contributed by atoms with Crippen molar-refractivity contribution in [3.05, 3.63) is 85.2 Å². The van der Waals surface area contributed by atoms with E-state index in [9.17, 15) is 14.4 Å². The minimum Gasteiger partial charge on any atom is -0.497 e. The number of pyridine rings is 1. The Morgan fingerprint density at radius 2 is 1.76 bits per heavy atom. The molecule has 7 nitrogen and oxygen atoms in total. The zero-order chi connectivity index (χ0) is 24.1. The van der Waals surface area contributed by atoms with Crippen LogP contribution in [-0.2, 0) is 23.0 Å². The molecule has 0 spiro atoms. The van der Waals surface area contributed by atoms with Crippen LogP contribution in [0.25, 0.3) is 11.1 Å². The van der Waals surface area contributed by atoms with Crippen LogP contribution in [0.4, 0.5) is 0 Å². The van der Waals surface area contributed by atoms with Gasteiger partial charge in [-0.15, -0.1) is 0 Å². The molecule has 0 aliphatic heterocycles. The maximum atomic E-state index is 12.8. The molecular weight excluding hydrogens is 556 g/mol. The molecule has 3 aromatic rings. The second kappa shape index (κ2) is 10.8. The van der Waals surface area contributed by atoms with Gasteiger partial charge in [-0.05, 0) is 67.3 Å². The lowest BCUT2D eigenvalue weighted by Crippen LogP contribution is -2.43. The Morgan fingerprint density at radius 3 is 2.39 bits per heavy atom. The molecule has 172 valence electrons. The van der Waals surface area contributed by atoms with Crippen LogP contribution in [0.2, 0.25) is 0 Å². The van der Waals surface area contributed by atoms with Gasteiger partial charge < -0.3 is 19.4 Å². The molecule has 2 aromatic carbocycles. The minimum absolute atomic E-state index is 0.116. The normalized spacial score (nSPS) is 11.5. The van der Waals surface area contributed by atoms with Gasteiger partial charge in [0.25, 0.3) is 11.5 Å². The van der Waals surface area contributed by atoms with Crippen LogP contribution in [0.5, 0.6) is 5.75 Å². The summed E-state index contributed by atoms with van der Waals surface area (Å²) in [5, 5.41) is 2.74. The van der Waals surface area contributed by atoms with Crippen LogP contribution in [0.1, 0.15) is 15.9 Å². The number of halogens is 2. The van der Waals surface area contributed by atoms with Crippen LogP contribution in [0.15, 0.2) is 68.5 Å². The molecule has 0 aliphatic carbocycles. The Kier molecular flexibility index (Phi) is 8.10. The summed E-state index contributed by atoms with van der Waals surface area (Å²) < 4.78 is 12.9. The molecule has 1 N–H and O–H groups in total. The van der Waals surface area contributed by atoms with E-state index in [-0.39, 0.29) is 12.0 Å². The molecule has 0 bridgehead atoms. The van der Waals surface area contributed by atoms with Gasteiger partial charge in [-0.3, -0.25) is 9.59 Å². The van der Waals surface area contributed by atoms with E-state index in [1.807, 2.05) is 24.3 Å². The summed E-state index contributed by atoms with van der Waals surface area (Å²) in [7, 11) is 4.47. The summed E-state index contributed by atoms with van der Waals surface area (Å²) in [4.78, 5) is 37.7. The molecule has 0 unspecified atom stereocenters. The van der Waals surface area contributed by atoms with E-state index in [1.54, 1.807) is 37.5 Å². The van der Waals surface area contributed by atoms with E-state index < -0.39 is 17.9 Å². The summed E-state index contributed by atoms with van der Waals surface area (Å²) in [6.45, 7) is 0. The highest BCUT2D eigenvalue weighted by molar-refractivity contribution is 9.10. The van der Waals surface area contributed by atoms with Gasteiger partial charge in [0.05, 0.1) is 19.8 Å². The average molecular weight is 578 g/mol. The molecule has 1 atom stereocenters. The van der Waals surface area contributed by atoms with Gasteiger partial charge in [-0.2, -0.15) is 0 Å². The second-order valence-electron chi connectivity index (χ2n) is 7.28. The van der Waals surface area contributed by atoms with Gasteiger partial charge in [0.2, 0.25) is 0 Å². The van der Waals surface area contributed by atoms with Crippen molar-refractivity contribution in [1.29, 1.82) is 0 Å². The third-order valence-electron chi connectivity index (χ3n) is 5.06. The highest BCUT2D eigenvalue weighted by Crippen LogP contribution is 2.23. The molecule has 33 heavy (non-hydrogen) atoms. The van der Waals surface area contributed by atoms with Crippen molar-refractivity contribution >= 4 is 43.7 Å². The Morgan fingerprint density at radius 1 is 1.06 bits per heavy atom. The van der Waals surface area contributed by atoms with E-state index in [1.165, 1.54) is 18.8 Å². The van der Waals surface area contributed by atoms with E-state index in [2.05, 4.69) is 37.2 Å². The lowest BCUT2D eigenvalue weighted by atomic mass is 10.0. The largest absolute Gasteiger partial charge is 0.497 e. The summed E-state index contributed by atoms with van der Waals surface area (Å²) in [5.41, 5.74) is 2.32. The maximum Gasteiger partial charge on any atom is 0.328 e. The van der Waals surface area contributed by atoms with Crippen LogP contribution in [0.3, 0.4) is 0 Å². The van der Waals surface area contributed by atoms with Crippen molar-refractivity contribution in [3.8, 4) is 16.9 Å². The number of aryl methyl sites for hydroxylation is 1. The Balaban J connectivity index is 1.82. The highest BCUT2D eigenvalue weighted by Gasteiger charge is 2.24. The second-order valence-corrected chi connectivity index (χ2v) is 9.05. The number of ether oxygens (including phenoxy) is 2. The van der Waals surface area contributed by atoms with Gasteiger partial charge in [0.15, 0.2) is 0 Å². The molecule has 0 aliphatic rings. The van der Waals surface area contributed by atoms with Crippen molar-refractivity contribution in [1.82, 2.24) is 9.88 Å². The number of aromatic nitrogens is 1. The van der Waals surface area contributed by atoms with Gasteiger partial charge >= 0.3 is 5.97 Å². The van der Waals surface area contributed by atoms with Crippen molar-refractivity contribution in [2.24, 2.45) is 7.05 Å². The van der Waals surface area contributed by atoms with Crippen LogP contribution >= 0.6 is 31.9 Å². The maximum absolute atomic E-state index is 12.8. The molecule has 0 saturated heterocycles. The summed E-state index contributed by atoms with van der Waals surface area (Å²) in [6, 6.07) is 13.1. The monoisotopic (exact) mass is 576 g/mol. The quantitative estimate of drug-likeness (QED) is 0.427. The Bertz CT molecular complexity index is 1240. The average Bonchev–Trinajstić information content (AvgIpc) is 2.81. The number of hydrogen-bond donors (Lipinski definition) is 1. The fourth-order valence-corrected chi connectivity index (χ4v) is 4.27. The zero-order valence-electron chi connectivity index (χ0n) is 18.2. The molecule has 1 aromatic heterocycles. The molecular formula is C24H22Br2N2O5. The van der Waals surface area contributed by atoms with Gasteiger partial charge in [-0.25, -0.2) is 4.79 Å². The van der Waals surface area contributed by atoms with Crippen LogP contribution in [0, 0.1) is 0 Å². The predicted octanol–water partition coefficient (Wildman–Crippen LogP) is 4.10. The number of esters is 1. The summed E-state index contributed by atoms with van der Waals surface area (Å²) in [6.07, 6.45) is 1.92. The number of hydrogen-bond acceptors (Lipinski definition) is 5. The van der Waals surface area contributed by atoms with Crippen molar-refractivity contribution in [3.63, 3.8) is 0 Å². The number of nitrogens with one attached hydrogen (secondary N) is 1. The van der Waals surface area contributed by atoms with Crippen molar-refractivity contribution in [2.75, 3.05) is 14.2 Å². The molecule has 1 amide bonds. The molecule has 3 rings (SSSR count). The van der Waals surface area contributed by atoms with Gasteiger partial charge in [0.1, 0.15) is 11.8 Å². The molecule has 0 radical (unpaired) electrons. The van der Waals surface area contributed by atoms with E-state index >= 15 is 0 Å². The summed E-state index contributed by atoms with van der Waals surface area (Å²) >= 11 is 6.76. The van der Waals surface area contributed by atoms with Crippen molar-refractivity contribution in [2.45, 2.75) is 12.5 Å². The first kappa shape index (κ1) is 24.7.